The van der Waals surface area contributed by atoms with Crippen molar-refractivity contribution in [3.8, 4) is 11.4 Å². The molecule has 1 aromatic heterocycles. The molecule has 2 aromatic rings. The number of amides is 1. The molecule has 1 aromatic carbocycles. The van der Waals surface area contributed by atoms with E-state index in [1.165, 1.54) is 0 Å². The van der Waals surface area contributed by atoms with E-state index in [1.54, 1.807) is 0 Å². The summed E-state index contributed by atoms with van der Waals surface area (Å²) in [5.41, 5.74) is 2.24. The quantitative estimate of drug-likeness (QED) is 0.789. The minimum absolute atomic E-state index is 0.0643. The Kier molecular flexibility index (Phi) is 5.87. The molecule has 3 heterocycles. The van der Waals surface area contributed by atoms with Gasteiger partial charge in [-0.2, -0.15) is 0 Å². The van der Waals surface area contributed by atoms with Crippen LogP contribution >= 0.6 is 0 Å². The largest absolute Gasteiger partial charge is 0.381 e. The van der Waals surface area contributed by atoms with Gasteiger partial charge in [0.1, 0.15) is 5.82 Å². The summed E-state index contributed by atoms with van der Waals surface area (Å²) in [4.78, 5) is 35.4. The summed E-state index contributed by atoms with van der Waals surface area (Å²) < 4.78 is 5.45. The van der Waals surface area contributed by atoms with E-state index in [2.05, 4.69) is 10.3 Å². The number of benzene rings is 1. The van der Waals surface area contributed by atoms with Crippen LogP contribution in [-0.4, -0.2) is 52.6 Å². The smallest absolute Gasteiger partial charge is 0.254 e. The van der Waals surface area contributed by atoms with Crippen LogP contribution in [0.2, 0.25) is 0 Å². The van der Waals surface area contributed by atoms with E-state index in [0.717, 1.165) is 56.6 Å². The molecule has 2 fully saturated rings. The van der Waals surface area contributed by atoms with Crippen LogP contribution in [0.4, 0.5) is 0 Å². The second kappa shape index (κ2) is 8.93. The molecular weight excluding hydrogens is 392 g/mol. The van der Waals surface area contributed by atoms with Gasteiger partial charge in [0.25, 0.3) is 5.56 Å². The second-order valence-corrected chi connectivity index (χ2v) is 8.98. The van der Waals surface area contributed by atoms with Gasteiger partial charge < -0.3 is 19.9 Å². The van der Waals surface area contributed by atoms with Gasteiger partial charge >= 0.3 is 0 Å². The van der Waals surface area contributed by atoms with Gasteiger partial charge in [-0.25, -0.2) is 4.98 Å². The molecule has 5 rings (SSSR count). The number of rotatable bonds is 4. The standard InChI is InChI=1S/C24H30N4O3/c29-23-20-8-11-28(15-21(20)26-22(27-23)16-4-2-1-3-5-16)24(30)17-6-7-19(14-17)25-18-9-12-31-13-10-18/h1-5,17-19,25H,6-15H2,(H,26,27,29)/t17-,19+/m0/s1. The Hall–Kier alpha value is -2.51. The van der Waals surface area contributed by atoms with E-state index in [9.17, 15) is 9.59 Å². The first kappa shape index (κ1) is 20.4. The molecule has 1 amide bonds. The van der Waals surface area contributed by atoms with Crippen LogP contribution in [0.15, 0.2) is 35.1 Å². The van der Waals surface area contributed by atoms with Crippen LogP contribution in [0.1, 0.15) is 43.4 Å². The third-order valence-electron chi connectivity index (χ3n) is 6.91. The highest BCUT2D eigenvalue weighted by atomic mass is 16.5. The molecule has 0 radical (unpaired) electrons. The monoisotopic (exact) mass is 422 g/mol. The highest BCUT2D eigenvalue weighted by molar-refractivity contribution is 5.79. The third kappa shape index (κ3) is 4.43. The van der Waals surface area contributed by atoms with Gasteiger partial charge in [0.15, 0.2) is 0 Å². The summed E-state index contributed by atoms with van der Waals surface area (Å²) in [6.07, 6.45) is 5.56. The number of carbonyl (C=O) groups is 1. The maximum absolute atomic E-state index is 13.3. The number of H-pyrrole nitrogens is 1. The van der Waals surface area contributed by atoms with E-state index >= 15 is 0 Å². The molecule has 164 valence electrons. The number of nitrogens with zero attached hydrogens (tertiary/aromatic N) is 2. The van der Waals surface area contributed by atoms with Gasteiger partial charge in [-0.05, 0) is 38.5 Å². The molecule has 31 heavy (non-hydrogen) atoms. The predicted octanol–water partition coefficient (Wildman–Crippen LogP) is 2.26. The molecule has 1 saturated heterocycles. The number of hydrogen-bond donors (Lipinski definition) is 2. The molecule has 2 aliphatic heterocycles. The highest BCUT2D eigenvalue weighted by Crippen LogP contribution is 2.30. The van der Waals surface area contributed by atoms with Gasteiger partial charge in [-0.1, -0.05) is 30.3 Å². The maximum atomic E-state index is 13.3. The molecule has 0 bridgehead atoms. The zero-order chi connectivity index (χ0) is 21.2. The Balaban J connectivity index is 1.25. The Bertz CT molecular complexity index is 984. The fourth-order valence-electron chi connectivity index (χ4n) is 5.17. The highest BCUT2D eigenvalue weighted by Gasteiger charge is 2.35. The van der Waals surface area contributed by atoms with Crippen molar-refractivity contribution in [1.82, 2.24) is 20.2 Å². The van der Waals surface area contributed by atoms with Crippen LogP contribution in [0.3, 0.4) is 0 Å². The van der Waals surface area contributed by atoms with Crippen LogP contribution in [-0.2, 0) is 22.5 Å². The second-order valence-electron chi connectivity index (χ2n) is 8.98. The maximum Gasteiger partial charge on any atom is 0.254 e. The van der Waals surface area contributed by atoms with Crippen molar-refractivity contribution in [2.45, 2.75) is 57.2 Å². The lowest BCUT2D eigenvalue weighted by molar-refractivity contribution is -0.136. The van der Waals surface area contributed by atoms with Crippen LogP contribution < -0.4 is 10.9 Å². The zero-order valence-electron chi connectivity index (χ0n) is 17.8. The first-order valence-electron chi connectivity index (χ1n) is 11.5. The summed E-state index contributed by atoms with van der Waals surface area (Å²) in [5.74, 6) is 0.847. The van der Waals surface area contributed by atoms with Crippen molar-refractivity contribution in [3.63, 3.8) is 0 Å². The van der Waals surface area contributed by atoms with E-state index in [-0.39, 0.29) is 17.4 Å². The van der Waals surface area contributed by atoms with Crippen molar-refractivity contribution in [3.05, 3.63) is 51.9 Å². The molecular formula is C24H30N4O3. The number of aromatic nitrogens is 2. The Morgan fingerprint density at radius 3 is 2.71 bits per heavy atom. The fraction of sp³-hybridized carbons (Fsp3) is 0.542. The van der Waals surface area contributed by atoms with Crippen molar-refractivity contribution >= 4 is 5.91 Å². The van der Waals surface area contributed by atoms with Crippen LogP contribution in [0.5, 0.6) is 0 Å². The minimum Gasteiger partial charge on any atom is -0.381 e. The summed E-state index contributed by atoms with van der Waals surface area (Å²) >= 11 is 0. The molecule has 0 spiro atoms. The Morgan fingerprint density at radius 1 is 1.10 bits per heavy atom. The molecule has 2 N–H and O–H groups in total. The lowest BCUT2D eigenvalue weighted by Gasteiger charge is -2.30. The van der Waals surface area contributed by atoms with Gasteiger partial charge in [0, 0.05) is 48.9 Å². The van der Waals surface area contributed by atoms with Crippen molar-refractivity contribution in [2.24, 2.45) is 5.92 Å². The number of hydrogen-bond acceptors (Lipinski definition) is 5. The normalized spacial score (nSPS) is 24.2. The SMILES string of the molecule is O=C([C@H]1CC[C@@H](NC2CCOCC2)C1)N1CCc2c(nc(-c3ccccc3)[nH]c2=O)C1. The molecule has 7 heteroatoms. The summed E-state index contributed by atoms with van der Waals surface area (Å²) in [6, 6.07) is 10.6. The average Bonchev–Trinajstić information content (AvgIpc) is 3.28. The minimum atomic E-state index is -0.0856. The summed E-state index contributed by atoms with van der Waals surface area (Å²) in [7, 11) is 0. The Morgan fingerprint density at radius 2 is 1.90 bits per heavy atom. The average molecular weight is 423 g/mol. The predicted molar refractivity (Wildman–Crippen MR) is 118 cm³/mol. The van der Waals surface area contributed by atoms with E-state index in [0.29, 0.717) is 43.0 Å². The van der Waals surface area contributed by atoms with Crippen LogP contribution in [0.25, 0.3) is 11.4 Å². The van der Waals surface area contributed by atoms with Crippen molar-refractivity contribution in [2.75, 3.05) is 19.8 Å². The van der Waals surface area contributed by atoms with E-state index in [1.807, 2.05) is 35.2 Å². The lowest BCUT2D eigenvalue weighted by atomic mass is 10.0. The third-order valence-corrected chi connectivity index (χ3v) is 6.91. The van der Waals surface area contributed by atoms with E-state index in [4.69, 9.17) is 9.72 Å². The molecule has 2 atom stereocenters. The molecule has 7 nitrogen and oxygen atoms in total. The lowest BCUT2D eigenvalue weighted by Crippen LogP contribution is -2.43. The first-order valence-corrected chi connectivity index (χ1v) is 11.5. The van der Waals surface area contributed by atoms with E-state index < -0.39 is 0 Å². The number of fused-ring (bicyclic) bond motifs is 1. The van der Waals surface area contributed by atoms with Crippen LogP contribution in [0, 0.1) is 5.92 Å². The summed E-state index contributed by atoms with van der Waals surface area (Å²) in [6.45, 7) is 2.68. The van der Waals surface area contributed by atoms with Gasteiger partial charge in [-0.3, -0.25) is 9.59 Å². The molecule has 0 unspecified atom stereocenters. The van der Waals surface area contributed by atoms with Crippen molar-refractivity contribution in [1.29, 1.82) is 0 Å². The van der Waals surface area contributed by atoms with Gasteiger partial charge in [0.2, 0.25) is 5.91 Å². The molecule has 3 aliphatic rings. The topological polar surface area (TPSA) is 87.3 Å². The first-order chi connectivity index (χ1) is 15.2. The number of nitrogens with one attached hydrogen (secondary N) is 2. The summed E-state index contributed by atoms with van der Waals surface area (Å²) in [5, 5.41) is 3.75. The molecule has 1 aliphatic carbocycles. The zero-order valence-corrected chi connectivity index (χ0v) is 17.8. The van der Waals surface area contributed by atoms with Crippen molar-refractivity contribution < 1.29 is 9.53 Å². The van der Waals surface area contributed by atoms with Gasteiger partial charge in [-0.15, -0.1) is 0 Å². The molecule has 1 saturated carbocycles. The Labute approximate surface area is 182 Å². The fourth-order valence-corrected chi connectivity index (χ4v) is 5.17. The number of aromatic amines is 1. The number of ether oxygens (including phenoxy) is 1. The number of carbonyl (C=O) groups excluding carboxylic acids is 1. The van der Waals surface area contributed by atoms with Gasteiger partial charge in [0.05, 0.1) is 12.2 Å².